The third kappa shape index (κ3) is 1.46. The molecule has 0 saturated heterocycles. The average molecular weight is 183 g/mol. The number of alkyl halides is 1. The molecule has 0 spiro atoms. The second-order valence-electron chi connectivity index (χ2n) is 3.87. The Kier molecular flexibility index (Phi) is 1.87. The summed E-state index contributed by atoms with van der Waals surface area (Å²) >= 11 is 0. The normalized spacial score (nSPS) is 33.9. The number of rotatable bonds is 1. The van der Waals surface area contributed by atoms with E-state index in [-0.39, 0.29) is 6.04 Å². The van der Waals surface area contributed by atoms with Crippen molar-refractivity contribution in [2.45, 2.75) is 31.0 Å². The molecule has 2 rings (SSSR count). The van der Waals surface area contributed by atoms with Crippen molar-refractivity contribution >= 4 is 0 Å². The number of nitrogens with two attached hydrogens (primary N) is 1. The summed E-state index contributed by atoms with van der Waals surface area (Å²) in [6, 6.07) is 0.00482. The summed E-state index contributed by atoms with van der Waals surface area (Å²) in [7, 11) is 1.79. The smallest absolute Gasteiger partial charge is 0.140 e. The first-order valence-corrected chi connectivity index (χ1v) is 4.54. The van der Waals surface area contributed by atoms with Gasteiger partial charge in [-0.1, -0.05) is 0 Å². The molecule has 1 heterocycles. The molecule has 0 aliphatic heterocycles. The minimum absolute atomic E-state index is 0.00482. The van der Waals surface area contributed by atoms with Crippen molar-refractivity contribution in [1.82, 2.24) is 9.78 Å². The van der Waals surface area contributed by atoms with Crippen LogP contribution in [0.1, 0.15) is 24.8 Å². The van der Waals surface area contributed by atoms with E-state index < -0.39 is 5.67 Å². The molecular weight excluding hydrogens is 169 g/mol. The van der Waals surface area contributed by atoms with Crippen LogP contribution in [0, 0.1) is 0 Å². The molecule has 2 N–H and O–H groups in total. The van der Waals surface area contributed by atoms with Gasteiger partial charge >= 0.3 is 0 Å². The van der Waals surface area contributed by atoms with E-state index in [1.165, 1.54) is 0 Å². The molecule has 0 amide bonds. The van der Waals surface area contributed by atoms with E-state index >= 15 is 0 Å². The van der Waals surface area contributed by atoms with E-state index in [0.717, 1.165) is 6.42 Å². The van der Waals surface area contributed by atoms with Crippen molar-refractivity contribution in [3.05, 3.63) is 18.0 Å². The molecule has 1 aromatic rings. The fraction of sp³-hybridized carbons (Fsp3) is 0.667. The van der Waals surface area contributed by atoms with Crippen molar-refractivity contribution in [3.63, 3.8) is 0 Å². The Hall–Kier alpha value is -0.900. The SMILES string of the molecule is Cn1cc(C2(F)CCC(N)C2)cn1. The molecule has 1 aromatic heterocycles. The molecule has 0 bridgehead atoms. The molecule has 72 valence electrons. The maximum absolute atomic E-state index is 14.2. The van der Waals surface area contributed by atoms with Gasteiger partial charge < -0.3 is 5.73 Å². The van der Waals surface area contributed by atoms with E-state index in [4.69, 9.17) is 5.73 Å². The standard InChI is InChI=1S/C9H14FN3/c1-13-6-7(5-12-13)9(10)3-2-8(11)4-9/h5-6,8H,2-4,11H2,1H3. The minimum Gasteiger partial charge on any atom is -0.328 e. The molecule has 1 saturated carbocycles. The van der Waals surface area contributed by atoms with Gasteiger partial charge in [-0.15, -0.1) is 0 Å². The molecule has 1 aliphatic carbocycles. The Morgan fingerprint density at radius 3 is 3.00 bits per heavy atom. The highest BCUT2D eigenvalue weighted by molar-refractivity contribution is 5.18. The van der Waals surface area contributed by atoms with Crippen LogP contribution in [0.4, 0.5) is 4.39 Å². The fourth-order valence-corrected chi connectivity index (χ4v) is 1.95. The quantitative estimate of drug-likeness (QED) is 0.708. The molecule has 2 atom stereocenters. The van der Waals surface area contributed by atoms with E-state index in [1.807, 2.05) is 0 Å². The summed E-state index contributed by atoms with van der Waals surface area (Å²) < 4.78 is 15.8. The predicted molar refractivity (Wildman–Crippen MR) is 47.8 cm³/mol. The van der Waals surface area contributed by atoms with Gasteiger partial charge in [0.15, 0.2) is 0 Å². The lowest BCUT2D eigenvalue weighted by atomic mass is 9.97. The van der Waals surface area contributed by atoms with Gasteiger partial charge in [0, 0.05) is 31.3 Å². The van der Waals surface area contributed by atoms with Gasteiger partial charge in [-0.2, -0.15) is 5.10 Å². The molecule has 1 aliphatic rings. The number of halogens is 1. The Balaban J connectivity index is 2.25. The number of aromatic nitrogens is 2. The number of nitrogens with zero attached hydrogens (tertiary/aromatic N) is 2. The third-order valence-electron chi connectivity index (χ3n) is 2.72. The third-order valence-corrected chi connectivity index (χ3v) is 2.72. The van der Waals surface area contributed by atoms with Crippen LogP contribution in [0.3, 0.4) is 0 Å². The van der Waals surface area contributed by atoms with Gasteiger partial charge in [0.05, 0.1) is 6.20 Å². The Morgan fingerprint density at radius 1 is 1.77 bits per heavy atom. The lowest BCUT2D eigenvalue weighted by Crippen LogP contribution is -2.20. The first kappa shape index (κ1) is 8.69. The van der Waals surface area contributed by atoms with E-state index in [2.05, 4.69) is 5.10 Å². The molecule has 13 heavy (non-hydrogen) atoms. The molecule has 4 heteroatoms. The van der Waals surface area contributed by atoms with E-state index in [9.17, 15) is 4.39 Å². The van der Waals surface area contributed by atoms with Crippen molar-refractivity contribution in [2.24, 2.45) is 12.8 Å². The first-order chi connectivity index (χ1) is 6.10. The summed E-state index contributed by atoms with van der Waals surface area (Å²) in [5.41, 5.74) is 5.13. The van der Waals surface area contributed by atoms with Gasteiger partial charge in [0.2, 0.25) is 0 Å². The van der Waals surface area contributed by atoms with Gasteiger partial charge in [-0.05, 0) is 12.8 Å². The lowest BCUT2D eigenvalue weighted by Gasteiger charge is -2.16. The molecule has 1 fully saturated rings. The van der Waals surface area contributed by atoms with Gasteiger partial charge in [-0.25, -0.2) is 4.39 Å². The maximum Gasteiger partial charge on any atom is 0.140 e. The van der Waals surface area contributed by atoms with Crippen LogP contribution in [0.25, 0.3) is 0 Å². The van der Waals surface area contributed by atoms with Crippen LogP contribution in [0.2, 0.25) is 0 Å². The van der Waals surface area contributed by atoms with Gasteiger partial charge in [0.1, 0.15) is 5.67 Å². The van der Waals surface area contributed by atoms with Crippen LogP contribution in [-0.2, 0) is 12.7 Å². The average Bonchev–Trinajstić information content (AvgIpc) is 2.60. The predicted octanol–water partition coefficient (Wildman–Crippen LogP) is 1.10. The van der Waals surface area contributed by atoms with Crippen LogP contribution in [0.15, 0.2) is 12.4 Å². The highest BCUT2D eigenvalue weighted by atomic mass is 19.1. The first-order valence-electron chi connectivity index (χ1n) is 4.54. The van der Waals surface area contributed by atoms with E-state index in [1.54, 1.807) is 24.1 Å². The van der Waals surface area contributed by atoms with Gasteiger partial charge in [-0.3, -0.25) is 4.68 Å². The molecule has 0 aromatic carbocycles. The van der Waals surface area contributed by atoms with Crippen LogP contribution >= 0.6 is 0 Å². The zero-order valence-electron chi connectivity index (χ0n) is 7.70. The van der Waals surface area contributed by atoms with Gasteiger partial charge in [0.25, 0.3) is 0 Å². The number of aryl methyl sites for hydroxylation is 1. The van der Waals surface area contributed by atoms with Crippen molar-refractivity contribution in [3.8, 4) is 0 Å². The Morgan fingerprint density at radius 2 is 2.54 bits per heavy atom. The molecule has 0 radical (unpaired) electrons. The van der Waals surface area contributed by atoms with Crippen molar-refractivity contribution < 1.29 is 4.39 Å². The van der Waals surface area contributed by atoms with E-state index in [0.29, 0.717) is 18.4 Å². The monoisotopic (exact) mass is 183 g/mol. The number of hydrogen-bond donors (Lipinski definition) is 1. The van der Waals surface area contributed by atoms with Crippen molar-refractivity contribution in [1.29, 1.82) is 0 Å². The summed E-state index contributed by atoms with van der Waals surface area (Å²) in [6.45, 7) is 0. The summed E-state index contributed by atoms with van der Waals surface area (Å²) in [5.74, 6) is 0. The molecule has 2 unspecified atom stereocenters. The highest BCUT2D eigenvalue weighted by Gasteiger charge is 2.40. The number of hydrogen-bond acceptors (Lipinski definition) is 2. The van der Waals surface area contributed by atoms with Crippen LogP contribution < -0.4 is 5.73 Å². The Labute approximate surface area is 76.7 Å². The maximum atomic E-state index is 14.2. The minimum atomic E-state index is -1.23. The second-order valence-corrected chi connectivity index (χ2v) is 3.87. The Bertz CT molecular complexity index is 310. The van der Waals surface area contributed by atoms with Crippen LogP contribution in [0.5, 0.6) is 0 Å². The topological polar surface area (TPSA) is 43.8 Å². The zero-order chi connectivity index (χ0) is 9.47. The zero-order valence-corrected chi connectivity index (χ0v) is 7.70. The van der Waals surface area contributed by atoms with Crippen LogP contribution in [-0.4, -0.2) is 15.8 Å². The summed E-state index contributed by atoms with van der Waals surface area (Å²) in [5, 5.41) is 3.97. The van der Waals surface area contributed by atoms with Crippen molar-refractivity contribution in [2.75, 3.05) is 0 Å². The molecule has 3 nitrogen and oxygen atoms in total. The summed E-state index contributed by atoms with van der Waals surface area (Å²) in [6.07, 6.45) is 5.06. The summed E-state index contributed by atoms with van der Waals surface area (Å²) in [4.78, 5) is 0. The highest BCUT2D eigenvalue weighted by Crippen LogP contribution is 2.41. The fourth-order valence-electron chi connectivity index (χ4n) is 1.95. The lowest BCUT2D eigenvalue weighted by molar-refractivity contribution is 0.172. The molecular formula is C9H14FN3. The largest absolute Gasteiger partial charge is 0.328 e. The second kappa shape index (κ2) is 2.80.